The number of carboxylic acid groups (broad SMARTS) is 1. The zero-order valence-corrected chi connectivity index (χ0v) is 9.49. The molecule has 0 amide bonds. The quantitative estimate of drug-likeness (QED) is 0.722. The molecule has 1 saturated carbocycles. The van der Waals surface area contributed by atoms with Gasteiger partial charge in [0.15, 0.2) is 0 Å². The van der Waals surface area contributed by atoms with Crippen molar-refractivity contribution in [2.24, 2.45) is 0 Å². The molecule has 2 unspecified atom stereocenters. The molecule has 2 fully saturated rings. The lowest BCUT2D eigenvalue weighted by Gasteiger charge is -2.42. The highest BCUT2D eigenvalue weighted by Crippen LogP contribution is 2.31. The van der Waals surface area contributed by atoms with E-state index in [1.165, 1.54) is 0 Å². The van der Waals surface area contributed by atoms with E-state index in [0.29, 0.717) is 12.1 Å². The topological polar surface area (TPSA) is 52.6 Å². The van der Waals surface area contributed by atoms with Gasteiger partial charge in [0.25, 0.3) is 0 Å². The summed E-state index contributed by atoms with van der Waals surface area (Å²) in [5.74, 6) is -0.672. The fraction of sp³-hybridized carbons (Fsp3) is 0.909. The Bertz CT molecular complexity index is 265. The van der Waals surface area contributed by atoms with Gasteiger partial charge in [0.05, 0.1) is 0 Å². The van der Waals surface area contributed by atoms with Crippen molar-refractivity contribution < 1.29 is 9.90 Å². The molecule has 86 valence electrons. The van der Waals surface area contributed by atoms with Gasteiger partial charge < -0.3 is 10.0 Å². The maximum Gasteiger partial charge on any atom is 0.324 e. The SMILES string of the molecule is CC1CC(NC2CC2)(C(=O)O)CCN1C. The molecule has 2 atom stereocenters. The fourth-order valence-electron chi connectivity index (χ4n) is 2.36. The van der Waals surface area contributed by atoms with Gasteiger partial charge in [-0.2, -0.15) is 0 Å². The summed E-state index contributed by atoms with van der Waals surface area (Å²) in [4.78, 5) is 13.6. The van der Waals surface area contributed by atoms with Gasteiger partial charge >= 0.3 is 5.97 Å². The van der Waals surface area contributed by atoms with Crippen LogP contribution < -0.4 is 5.32 Å². The van der Waals surface area contributed by atoms with Crippen LogP contribution in [0, 0.1) is 0 Å². The van der Waals surface area contributed by atoms with Crippen LogP contribution in [0.1, 0.15) is 32.6 Å². The molecule has 2 N–H and O–H groups in total. The van der Waals surface area contributed by atoms with Gasteiger partial charge in [-0.05, 0) is 39.7 Å². The Labute approximate surface area is 90.6 Å². The molecule has 0 aromatic heterocycles. The summed E-state index contributed by atoms with van der Waals surface area (Å²) in [6, 6.07) is 0.804. The Hall–Kier alpha value is -0.610. The summed E-state index contributed by atoms with van der Waals surface area (Å²) in [6.45, 7) is 2.97. The maximum absolute atomic E-state index is 11.4. The second kappa shape index (κ2) is 3.76. The van der Waals surface area contributed by atoms with Crippen LogP contribution in [0.3, 0.4) is 0 Å². The Kier molecular flexibility index (Phi) is 2.73. The van der Waals surface area contributed by atoms with Gasteiger partial charge in [0.2, 0.25) is 0 Å². The normalized spacial score (nSPS) is 37.9. The lowest BCUT2D eigenvalue weighted by atomic mass is 9.83. The minimum atomic E-state index is -0.672. The van der Waals surface area contributed by atoms with Crippen LogP contribution in [-0.4, -0.2) is 47.2 Å². The number of aliphatic carboxylic acids is 1. The highest BCUT2D eigenvalue weighted by molar-refractivity contribution is 5.79. The highest BCUT2D eigenvalue weighted by Gasteiger charge is 2.46. The highest BCUT2D eigenvalue weighted by atomic mass is 16.4. The van der Waals surface area contributed by atoms with Crippen molar-refractivity contribution in [2.75, 3.05) is 13.6 Å². The Morgan fingerprint density at radius 1 is 1.53 bits per heavy atom. The summed E-state index contributed by atoms with van der Waals surface area (Å²) >= 11 is 0. The second-order valence-corrected chi connectivity index (χ2v) is 5.09. The summed E-state index contributed by atoms with van der Waals surface area (Å²) in [7, 11) is 2.06. The van der Waals surface area contributed by atoms with Crippen LogP contribution in [0.15, 0.2) is 0 Å². The zero-order valence-electron chi connectivity index (χ0n) is 9.49. The number of nitrogens with zero attached hydrogens (tertiary/aromatic N) is 1. The van der Waals surface area contributed by atoms with Crippen molar-refractivity contribution in [3.05, 3.63) is 0 Å². The molecule has 4 heteroatoms. The molecule has 0 spiro atoms. The summed E-state index contributed by atoms with van der Waals surface area (Å²) in [5, 5.41) is 12.7. The third-order valence-corrected chi connectivity index (χ3v) is 3.75. The molecule has 2 rings (SSSR count). The van der Waals surface area contributed by atoms with Gasteiger partial charge in [0, 0.05) is 18.6 Å². The van der Waals surface area contributed by atoms with Crippen molar-refractivity contribution in [3.63, 3.8) is 0 Å². The number of rotatable bonds is 3. The predicted octanol–water partition coefficient (Wildman–Crippen LogP) is 0.676. The molecule has 0 bridgehead atoms. The summed E-state index contributed by atoms with van der Waals surface area (Å²) in [5.41, 5.74) is -0.660. The predicted molar refractivity (Wildman–Crippen MR) is 57.9 cm³/mol. The van der Waals surface area contributed by atoms with E-state index < -0.39 is 11.5 Å². The van der Waals surface area contributed by atoms with E-state index in [0.717, 1.165) is 32.2 Å². The molecule has 0 aromatic carbocycles. The van der Waals surface area contributed by atoms with E-state index >= 15 is 0 Å². The largest absolute Gasteiger partial charge is 0.480 e. The second-order valence-electron chi connectivity index (χ2n) is 5.09. The maximum atomic E-state index is 11.4. The number of piperidine rings is 1. The number of hydrogen-bond acceptors (Lipinski definition) is 3. The van der Waals surface area contributed by atoms with Crippen LogP contribution >= 0.6 is 0 Å². The summed E-state index contributed by atoms with van der Waals surface area (Å²) < 4.78 is 0. The molecule has 15 heavy (non-hydrogen) atoms. The van der Waals surface area contributed by atoms with Crippen LogP contribution in [0.2, 0.25) is 0 Å². The van der Waals surface area contributed by atoms with Crippen molar-refractivity contribution in [1.82, 2.24) is 10.2 Å². The molecule has 1 aliphatic heterocycles. The van der Waals surface area contributed by atoms with E-state index in [4.69, 9.17) is 0 Å². The van der Waals surface area contributed by atoms with E-state index in [9.17, 15) is 9.90 Å². The van der Waals surface area contributed by atoms with Crippen molar-refractivity contribution in [1.29, 1.82) is 0 Å². The molecule has 0 radical (unpaired) electrons. The minimum absolute atomic E-state index is 0.348. The van der Waals surface area contributed by atoms with Gasteiger partial charge in [-0.3, -0.25) is 10.1 Å². The first-order valence-electron chi connectivity index (χ1n) is 5.75. The first-order valence-corrected chi connectivity index (χ1v) is 5.75. The van der Waals surface area contributed by atoms with Crippen LogP contribution in [0.4, 0.5) is 0 Å². The van der Waals surface area contributed by atoms with Crippen LogP contribution in [-0.2, 0) is 4.79 Å². The van der Waals surface area contributed by atoms with E-state index in [1.807, 2.05) is 0 Å². The molecule has 1 saturated heterocycles. The van der Waals surface area contributed by atoms with E-state index in [1.54, 1.807) is 0 Å². The average molecular weight is 212 g/mol. The van der Waals surface area contributed by atoms with Gasteiger partial charge in [-0.1, -0.05) is 0 Å². The zero-order chi connectivity index (χ0) is 11.1. The molecule has 2 aliphatic rings. The van der Waals surface area contributed by atoms with Crippen molar-refractivity contribution >= 4 is 5.97 Å². The van der Waals surface area contributed by atoms with E-state index in [2.05, 4.69) is 24.2 Å². The third-order valence-electron chi connectivity index (χ3n) is 3.75. The average Bonchev–Trinajstić information content (AvgIpc) is 2.95. The third kappa shape index (κ3) is 2.16. The van der Waals surface area contributed by atoms with Crippen LogP contribution in [0.25, 0.3) is 0 Å². The van der Waals surface area contributed by atoms with Gasteiger partial charge in [-0.25, -0.2) is 0 Å². The smallest absolute Gasteiger partial charge is 0.324 e. The Morgan fingerprint density at radius 3 is 2.67 bits per heavy atom. The van der Waals surface area contributed by atoms with Gasteiger partial charge in [0.1, 0.15) is 5.54 Å². The standard InChI is InChI=1S/C11H20N2O2/c1-8-7-11(10(14)15,5-6-13(8)2)12-9-3-4-9/h8-9,12H,3-7H2,1-2H3,(H,14,15). The number of carbonyl (C=O) groups is 1. The molecule has 1 heterocycles. The number of nitrogens with one attached hydrogen (secondary N) is 1. The molecule has 4 nitrogen and oxygen atoms in total. The number of carboxylic acids is 1. The van der Waals surface area contributed by atoms with Crippen molar-refractivity contribution in [3.8, 4) is 0 Å². The summed E-state index contributed by atoms with van der Waals surface area (Å²) in [6.07, 6.45) is 3.72. The van der Waals surface area contributed by atoms with Crippen LogP contribution in [0.5, 0.6) is 0 Å². The first kappa shape index (κ1) is 10.9. The number of hydrogen-bond donors (Lipinski definition) is 2. The molecular weight excluding hydrogens is 192 g/mol. The van der Waals surface area contributed by atoms with Gasteiger partial charge in [-0.15, -0.1) is 0 Å². The van der Waals surface area contributed by atoms with Crippen molar-refractivity contribution in [2.45, 2.75) is 50.2 Å². The number of likely N-dealkylation sites (tertiary alicyclic amines) is 1. The lowest BCUT2D eigenvalue weighted by molar-refractivity contribution is -0.148. The molecular formula is C11H20N2O2. The Morgan fingerprint density at radius 2 is 2.20 bits per heavy atom. The fourth-order valence-corrected chi connectivity index (χ4v) is 2.36. The lowest BCUT2D eigenvalue weighted by Crippen LogP contribution is -2.60. The molecule has 1 aliphatic carbocycles. The Balaban J connectivity index is 2.08. The monoisotopic (exact) mass is 212 g/mol. The molecule has 0 aromatic rings. The minimum Gasteiger partial charge on any atom is -0.480 e. The first-order chi connectivity index (χ1) is 7.03. The van der Waals surface area contributed by atoms with E-state index in [-0.39, 0.29) is 0 Å².